The maximum absolute atomic E-state index is 14.1. The third kappa shape index (κ3) is 1.98. The van der Waals surface area contributed by atoms with Crippen LogP contribution in [0.4, 0.5) is 10.2 Å². The highest BCUT2D eigenvalue weighted by molar-refractivity contribution is 9.10. The normalized spacial score (nSPS) is 11.2. The molecule has 3 rings (SSSR count). The smallest absolute Gasteiger partial charge is 0.151 e. The molecule has 0 saturated carbocycles. The van der Waals surface area contributed by atoms with Crippen molar-refractivity contribution in [2.75, 3.05) is 5.73 Å². The molecule has 0 aliphatic heterocycles. The van der Waals surface area contributed by atoms with Gasteiger partial charge in [-0.1, -0.05) is 17.7 Å². The maximum Gasteiger partial charge on any atom is 0.151 e. The van der Waals surface area contributed by atoms with Crippen LogP contribution in [0, 0.1) is 12.7 Å². The number of aromatic nitrogens is 2. The summed E-state index contributed by atoms with van der Waals surface area (Å²) >= 11 is 9.22. The van der Waals surface area contributed by atoms with Crippen LogP contribution in [0.1, 0.15) is 5.56 Å². The van der Waals surface area contributed by atoms with Crippen molar-refractivity contribution in [1.82, 2.24) is 9.38 Å². The molecule has 0 atom stereocenters. The summed E-state index contributed by atoms with van der Waals surface area (Å²) in [5, 5.41) is 0.0526. The maximum atomic E-state index is 14.1. The highest BCUT2D eigenvalue weighted by Crippen LogP contribution is 2.32. The summed E-state index contributed by atoms with van der Waals surface area (Å²) in [7, 11) is 0. The quantitative estimate of drug-likeness (QED) is 0.702. The van der Waals surface area contributed by atoms with Gasteiger partial charge in [-0.3, -0.25) is 4.40 Å². The highest BCUT2D eigenvalue weighted by atomic mass is 79.9. The molecular formula is C14H10BrClFN3. The van der Waals surface area contributed by atoms with Crippen LogP contribution in [0.25, 0.3) is 16.9 Å². The van der Waals surface area contributed by atoms with Crippen molar-refractivity contribution >= 4 is 39.0 Å². The van der Waals surface area contributed by atoms with Crippen molar-refractivity contribution in [3.63, 3.8) is 0 Å². The SMILES string of the molecule is Cc1cc(Br)cn2c(N)c(-c3cccc(Cl)c3F)nc12. The minimum atomic E-state index is -0.513. The average Bonchev–Trinajstić information content (AvgIpc) is 2.71. The molecule has 0 unspecified atom stereocenters. The number of hydrogen-bond donors (Lipinski definition) is 1. The minimum absolute atomic E-state index is 0.0526. The first-order valence-electron chi connectivity index (χ1n) is 5.87. The second kappa shape index (κ2) is 4.75. The standard InChI is InChI=1S/C14H10BrClFN3/c1-7-5-8(15)6-20-13(18)12(19-14(7)20)9-3-2-4-10(16)11(9)17/h2-6H,18H2,1H3. The van der Waals surface area contributed by atoms with Gasteiger partial charge >= 0.3 is 0 Å². The monoisotopic (exact) mass is 353 g/mol. The number of fused-ring (bicyclic) bond motifs is 1. The molecule has 0 fully saturated rings. The lowest BCUT2D eigenvalue weighted by molar-refractivity contribution is 0.631. The van der Waals surface area contributed by atoms with Crippen molar-refractivity contribution in [2.24, 2.45) is 0 Å². The first-order valence-corrected chi connectivity index (χ1v) is 7.04. The largest absolute Gasteiger partial charge is 0.383 e. The molecule has 2 heterocycles. The number of aryl methyl sites for hydroxylation is 1. The number of hydrogen-bond acceptors (Lipinski definition) is 2. The Morgan fingerprint density at radius 1 is 1.40 bits per heavy atom. The molecule has 3 nitrogen and oxygen atoms in total. The van der Waals surface area contributed by atoms with Gasteiger partial charge in [0.1, 0.15) is 17.2 Å². The summed E-state index contributed by atoms with van der Waals surface area (Å²) in [6.07, 6.45) is 1.80. The van der Waals surface area contributed by atoms with Gasteiger partial charge in [0, 0.05) is 16.2 Å². The predicted octanol–water partition coefficient (Wildman–Crippen LogP) is 4.45. The van der Waals surface area contributed by atoms with Gasteiger partial charge in [-0.2, -0.15) is 0 Å². The summed E-state index contributed by atoms with van der Waals surface area (Å²) in [6, 6.07) is 6.71. The van der Waals surface area contributed by atoms with Crippen molar-refractivity contribution in [3.8, 4) is 11.3 Å². The fourth-order valence-corrected chi connectivity index (χ4v) is 2.89. The molecule has 0 spiro atoms. The van der Waals surface area contributed by atoms with Gasteiger partial charge in [0.25, 0.3) is 0 Å². The number of nitrogens with zero attached hydrogens (tertiary/aromatic N) is 2. The third-order valence-corrected chi connectivity index (χ3v) is 3.84. The summed E-state index contributed by atoms with van der Waals surface area (Å²) in [6.45, 7) is 1.92. The molecule has 0 saturated heterocycles. The van der Waals surface area contributed by atoms with E-state index < -0.39 is 5.82 Å². The molecule has 0 bridgehead atoms. The van der Waals surface area contributed by atoms with Crippen molar-refractivity contribution in [2.45, 2.75) is 6.92 Å². The lowest BCUT2D eigenvalue weighted by Crippen LogP contribution is -1.96. The Labute approximate surface area is 128 Å². The molecule has 0 amide bonds. The van der Waals surface area contributed by atoms with Crippen LogP contribution in [0.15, 0.2) is 34.9 Å². The Hall–Kier alpha value is -1.59. The number of benzene rings is 1. The molecule has 0 radical (unpaired) electrons. The number of imidazole rings is 1. The molecule has 0 aliphatic carbocycles. The Kier molecular flexibility index (Phi) is 3.18. The van der Waals surface area contributed by atoms with Crippen LogP contribution in [-0.2, 0) is 0 Å². The van der Waals surface area contributed by atoms with Gasteiger partial charge in [0.15, 0.2) is 5.82 Å². The van der Waals surface area contributed by atoms with E-state index in [9.17, 15) is 4.39 Å². The van der Waals surface area contributed by atoms with Crippen LogP contribution >= 0.6 is 27.5 Å². The van der Waals surface area contributed by atoms with Gasteiger partial charge in [0.05, 0.1) is 5.02 Å². The molecule has 1 aromatic carbocycles. The van der Waals surface area contributed by atoms with Gasteiger partial charge in [-0.15, -0.1) is 0 Å². The Balaban J connectivity index is 2.35. The fraction of sp³-hybridized carbons (Fsp3) is 0.0714. The Morgan fingerprint density at radius 2 is 2.15 bits per heavy atom. The zero-order valence-corrected chi connectivity index (χ0v) is 12.8. The summed E-state index contributed by atoms with van der Waals surface area (Å²) in [5.41, 5.74) is 8.43. The van der Waals surface area contributed by atoms with E-state index in [2.05, 4.69) is 20.9 Å². The van der Waals surface area contributed by atoms with E-state index in [-0.39, 0.29) is 5.02 Å². The predicted molar refractivity (Wildman–Crippen MR) is 82.4 cm³/mol. The average molecular weight is 355 g/mol. The number of rotatable bonds is 1. The number of halogens is 3. The molecule has 3 aromatic rings. The molecule has 102 valence electrons. The van der Waals surface area contributed by atoms with E-state index in [1.807, 2.05) is 13.0 Å². The van der Waals surface area contributed by atoms with Crippen LogP contribution in [0.3, 0.4) is 0 Å². The molecule has 0 aliphatic rings. The number of anilines is 1. The molecular weight excluding hydrogens is 345 g/mol. The lowest BCUT2D eigenvalue weighted by atomic mass is 10.1. The van der Waals surface area contributed by atoms with E-state index in [4.69, 9.17) is 17.3 Å². The van der Waals surface area contributed by atoms with E-state index in [1.54, 1.807) is 22.7 Å². The van der Waals surface area contributed by atoms with Crippen LogP contribution in [0.5, 0.6) is 0 Å². The van der Waals surface area contributed by atoms with Gasteiger partial charge in [0.2, 0.25) is 0 Å². The molecule has 6 heteroatoms. The Morgan fingerprint density at radius 3 is 2.90 bits per heavy atom. The van der Waals surface area contributed by atoms with Crippen LogP contribution < -0.4 is 5.73 Å². The van der Waals surface area contributed by atoms with Crippen molar-refractivity contribution in [1.29, 1.82) is 0 Å². The summed E-state index contributed by atoms with van der Waals surface area (Å²) in [4.78, 5) is 4.44. The molecule has 2 aromatic heterocycles. The zero-order valence-electron chi connectivity index (χ0n) is 10.5. The topological polar surface area (TPSA) is 43.3 Å². The fourth-order valence-electron chi connectivity index (χ4n) is 2.17. The first kappa shape index (κ1) is 13.4. The van der Waals surface area contributed by atoms with Crippen LogP contribution in [0.2, 0.25) is 5.02 Å². The van der Waals surface area contributed by atoms with E-state index in [0.717, 1.165) is 10.0 Å². The summed E-state index contributed by atoms with van der Waals surface area (Å²) in [5.74, 6) is -0.133. The molecule has 2 N–H and O–H groups in total. The van der Waals surface area contributed by atoms with E-state index in [1.165, 1.54) is 6.07 Å². The van der Waals surface area contributed by atoms with Gasteiger partial charge in [-0.05, 0) is 46.6 Å². The first-order chi connectivity index (χ1) is 9.49. The number of pyridine rings is 1. The van der Waals surface area contributed by atoms with E-state index in [0.29, 0.717) is 22.7 Å². The molecule has 20 heavy (non-hydrogen) atoms. The number of nitrogen functional groups attached to an aromatic ring is 1. The second-order valence-electron chi connectivity index (χ2n) is 4.48. The zero-order chi connectivity index (χ0) is 14.4. The van der Waals surface area contributed by atoms with E-state index >= 15 is 0 Å². The van der Waals surface area contributed by atoms with Gasteiger partial charge in [-0.25, -0.2) is 9.37 Å². The van der Waals surface area contributed by atoms with Crippen molar-refractivity contribution in [3.05, 3.63) is 51.3 Å². The Bertz CT molecular complexity index is 829. The highest BCUT2D eigenvalue weighted by Gasteiger charge is 2.17. The minimum Gasteiger partial charge on any atom is -0.383 e. The van der Waals surface area contributed by atoms with Crippen molar-refractivity contribution < 1.29 is 4.39 Å². The third-order valence-electron chi connectivity index (χ3n) is 3.11. The summed E-state index contributed by atoms with van der Waals surface area (Å²) < 4.78 is 16.7. The second-order valence-corrected chi connectivity index (χ2v) is 5.80. The van der Waals surface area contributed by atoms with Gasteiger partial charge < -0.3 is 5.73 Å². The van der Waals surface area contributed by atoms with Crippen LogP contribution in [-0.4, -0.2) is 9.38 Å². The lowest BCUT2D eigenvalue weighted by Gasteiger charge is -2.03. The number of nitrogens with two attached hydrogens (primary N) is 1.